The zero-order valence-corrected chi connectivity index (χ0v) is 11.3. The molecule has 0 fully saturated rings. The van der Waals surface area contributed by atoms with Crippen LogP contribution in [0.4, 0.5) is 0 Å². The Morgan fingerprint density at radius 2 is 1.50 bits per heavy atom. The molecule has 2 rings (SSSR count). The van der Waals surface area contributed by atoms with Crippen molar-refractivity contribution in [2.45, 2.75) is 5.78 Å². The number of carbonyl (C=O) groups excluding carboxylic acids is 1. The highest BCUT2D eigenvalue weighted by atomic mass is 31.2. The lowest BCUT2D eigenvalue weighted by Crippen LogP contribution is -2.10. The van der Waals surface area contributed by atoms with Crippen LogP contribution in [0.1, 0.15) is 21.7 Å². The molecule has 8 heteroatoms. The van der Waals surface area contributed by atoms with Crippen LogP contribution in [0.3, 0.4) is 0 Å². The normalized spacial score (nSPS) is 11.9. The summed E-state index contributed by atoms with van der Waals surface area (Å²) >= 11 is 0. The molecule has 2 heterocycles. The molecule has 0 bridgehead atoms. The van der Waals surface area contributed by atoms with Gasteiger partial charge in [0.2, 0.25) is 0 Å². The summed E-state index contributed by atoms with van der Waals surface area (Å²) in [5.41, 5.74) is 6.34. The predicted octanol–water partition coefficient (Wildman–Crippen LogP) is 1.11. The van der Waals surface area contributed by atoms with E-state index in [1.807, 2.05) is 0 Å². The molecular formula is C12H14N3O4P. The van der Waals surface area contributed by atoms with E-state index in [9.17, 15) is 9.36 Å². The largest absolute Gasteiger partial charge is 0.346 e. The second kappa shape index (κ2) is 7.62. The average molecular weight is 295 g/mol. The van der Waals surface area contributed by atoms with Gasteiger partial charge in [0.25, 0.3) is 0 Å². The van der Waals surface area contributed by atoms with E-state index in [0.29, 0.717) is 11.1 Å². The highest BCUT2D eigenvalue weighted by Gasteiger charge is 2.25. The molecular weight excluding hydrogens is 281 g/mol. The average Bonchev–Trinajstić information content (AvgIpc) is 2.48. The molecule has 2 aromatic heterocycles. The van der Waals surface area contributed by atoms with Crippen molar-refractivity contribution in [3.63, 3.8) is 0 Å². The zero-order chi connectivity index (χ0) is 15.0. The summed E-state index contributed by atoms with van der Waals surface area (Å²) in [5, 5.41) is 0. The van der Waals surface area contributed by atoms with Gasteiger partial charge in [0, 0.05) is 30.4 Å². The number of aromatic nitrogens is 2. The summed E-state index contributed by atoms with van der Waals surface area (Å²) in [7, 11) is -4.23. The summed E-state index contributed by atoms with van der Waals surface area (Å²) in [5.74, 6) is -1.25. The minimum atomic E-state index is -4.23. The number of pyridine rings is 2. The van der Waals surface area contributed by atoms with Gasteiger partial charge >= 0.3 is 7.60 Å². The molecule has 0 aromatic carbocycles. The Morgan fingerprint density at radius 1 is 1.05 bits per heavy atom. The van der Waals surface area contributed by atoms with Gasteiger partial charge in [0.15, 0.2) is 0 Å². The van der Waals surface area contributed by atoms with E-state index in [2.05, 4.69) is 9.97 Å². The first-order valence-corrected chi connectivity index (χ1v) is 7.19. The van der Waals surface area contributed by atoms with Crippen LogP contribution >= 0.6 is 7.60 Å². The predicted molar refractivity (Wildman–Crippen MR) is 72.8 cm³/mol. The lowest BCUT2D eigenvalue weighted by Gasteiger charge is -2.12. The smallest absolute Gasteiger partial charge is 0.323 e. The number of carbonyl (C=O) groups is 1. The molecule has 2 aromatic rings. The maximum atomic E-state index is 10.7. The molecule has 0 saturated carbocycles. The maximum absolute atomic E-state index is 10.7. The fourth-order valence-corrected chi connectivity index (χ4v) is 1.76. The van der Waals surface area contributed by atoms with E-state index in [-0.39, 0.29) is 0 Å². The lowest BCUT2D eigenvalue weighted by atomic mass is 10.3. The maximum Gasteiger partial charge on any atom is 0.346 e. The Hall–Kier alpha value is -1.92. The minimum Gasteiger partial charge on any atom is -0.323 e. The second-order valence-electron chi connectivity index (χ2n) is 3.71. The summed E-state index contributed by atoms with van der Waals surface area (Å²) < 4.78 is 10.7. The summed E-state index contributed by atoms with van der Waals surface area (Å²) in [4.78, 5) is 34.8. The fraction of sp³-hybridized carbons (Fsp3) is 0.0833. The monoisotopic (exact) mass is 295 g/mol. The first kappa shape index (κ1) is 16.1. The van der Waals surface area contributed by atoms with Crippen molar-refractivity contribution in [3.05, 3.63) is 60.2 Å². The zero-order valence-electron chi connectivity index (χ0n) is 10.4. The fourth-order valence-electron chi connectivity index (χ4n) is 1.20. The van der Waals surface area contributed by atoms with E-state index in [4.69, 9.17) is 15.5 Å². The number of aldehydes is 1. The molecule has 7 nitrogen and oxygen atoms in total. The minimum absolute atomic E-state index is 0.387. The van der Waals surface area contributed by atoms with Crippen LogP contribution in [0.25, 0.3) is 0 Å². The van der Waals surface area contributed by atoms with E-state index in [1.54, 1.807) is 24.5 Å². The highest BCUT2D eigenvalue weighted by molar-refractivity contribution is 7.52. The van der Waals surface area contributed by atoms with Gasteiger partial charge in [-0.25, -0.2) is 0 Å². The van der Waals surface area contributed by atoms with Crippen molar-refractivity contribution in [2.75, 3.05) is 0 Å². The van der Waals surface area contributed by atoms with Gasteiger partial charge in [-0.2, -0.15) is 0 Å². The number of hydrogen-bond donors (Lipinski definition) is 3. The molecule has 20 heavy (non-hydrogen) atoms. The Balaban J connectivity index is 0.000000217. The standard InChI is InChI=1S/C6H9N2O3P.C6H5NO/c7-6(12(9,10)11)5-1-3-8-4-2-5;8-5-6-1-3-7-4-2-6/h1-4,6H,7H2,(H2,9,10,11);1-5H. The molecule has 0 amide bonds. The van der Waals surface area contributed by atoms with Crippen molar-refractivity contribution in [2.24, 2.45) is 5.73 Å². The molecule has 4 N–H and O–H groups in total. The molecule has 106 valence electrons. The third-order valence-electron chi connectivity index (χ3n) is 2.25. The van der Waals surface area contributed by atoms with Gasteiger partial charge in [-0.1, -0.05) is 0 Å². The van der Waals surface area contributed by atoms with E-state index in [0.717, 1.165) is 6.29 Å². The Labute approximate surface area is 115 Å². The topological polar surface area (TPSA) is 126 Å². The van der Waals surface area contributed by atoms with Crippen LogP contribution in [0.5, 0.6) is 0 Å². The van der Waals surface area contributed by atoms with Crippen molar-refractivity contribution < 1.29 is 19.1 Å². The molecule has 0 spiro atoms. The molecule has 0 aliphatic heterocycles. The van der Waals surface area contributed by atoms with Gasteiger partial charge in [-0.05, 0) is 29.8 Å². The quantitative estimate of drug-likeness (QED) is 0.571. The molecule has 1 unspecified atom stereocenters. The number of nitrogens with two attached hydrogens (primary N) is 1. The van der Waals surface area contributed by atoms with Gasteiger partial charge in [0.05, 0.1) is 0 Å². The van der Waals surface area contributed by atoms with Crippen LogP contribution in [-0.4, -0.2) is 26.0 Å². The number of hydrogen-bond acceptors (Lipinski definition) is 5. The van der Waals surface area contributed by atoms with Crippen LogP contribution in [0, 0.1) is 0 Å². The summed E-state index contributed by atoms with van der Waals surface area (Å²) in [6.45, 7) is 0. The van der Waals surface area contributed by atoms with E-state index >= 15 is 0 Å². The third kappa shape index (κ3) is 5.38. The van der Waals surface area contributed by atoms with Crippen molar-refractivity contribution in [1.29, 1.82) is 0 Å². The Kier molecular flexibility index (Phi) is 6.14. The first-order chi connectivity index (χ1) is 9.45. The summed E-state index contributed by atoms with van der Waals surface area (Å²) in [6.07, 6.45) is 6.84. The van der Waals surface area contributed by atoms with Crippen LogP contribution < -0.4 is 5.73 Å². The number of nitrogens with zero attached hydrogens (tertiary/aromatic N) is 2. The SMILES string of the molecule is NC(c1ccncc1)P(=O)(O)O.O=Cc1ccncc1. The first-order valence-electron chi connectivity index (χ1n) is 5.51. The van der Waals surface area contributed by atoms with Gasteiger partial charge < -0.3 is 15.5 Å². The van der Waals surface area contributed by atoms with E-state index < -0.39 is 13.4 Å². The lowest BCUT2D eigenvalue weighted by molar-refractivity contribution is 0.112. The molecule has 1 atom stereocenters. The van der Waals surface area contributed by atoms with Crippen LogP contribution in [-0.2, 0) is 4.57 Å². The second-order valence-corrected chi connectivity index (χ2v) is 5.45. The third-order valence-corrected chi connectivity index (χ3v) is 3.28. The van der Waals surface area contributed by atoms with E-state index in [1.165, 1.54) is 24.5 Å². The van der Waals surface area contributed by atoms with Crippen molar-refractivity contribution in [3.8, 4) is 0 Å². The highest BCUT2D eigenvalue weighted by Crippen LogP contribution is 2.47. The Morgan fingerprint density at radius 3 is 1.85 bits per heavy atom. The van der Waals surface area contributed by atoms with Crippen molar-refractivity contribution >= 4 is 13.9 Å². The molecule has 0 radical (unpaired) electrons. The van der Waals surface area contributed by atoms with Crippen molar-refractivity contribution in [1.82, 2.24) is 9.97 Å². The number of rotatable bonds is 3. The molecule has 0 saturated heterocycles. The van der Waals surface area contributed by atoms with Gasteiger partial charge in [-0.15, -0.1) is 0 Å². The van der Waals surface area contributed by atoms with Gasteiger partial charge in [-0.3, -0.25) is 19.3 Å². The van der Waals surface area contributed by atoms with Gasteiger partial charge in [0.1, 0.15) is 12.1 Å². The molecule has 0 aliphatic carbocycles. The summed E-state index contributed by atoms with van der Waals surface area (Å²) in [6, 6.07) is 6.27. The van der Waals surface area contributed by atoms with Crippen LogP contribution in [0.2, 0.25) is 0 Å². The Bertz CT molecular complexity index is 574. The van der Waals surface area contributed by atoms with Crippen LogP contribution in [0.15, 0.2) is 49.1 Å². The molecule has 0 aliphatic rings.